The van der Waals surface area contributed by atoms with Crippen LogP contribution in [0.2, 0.25) is 0 Å². The Morgan fingerprint density at radius 2 is 1.57 bits per heavy atom. The monoisotopic (exact) mass is 398 g/mol. The fourth-order valence-electron chi connectivity index (χ4n) is 3.77. The lowest BCUT2D eigenvalue weighted by Gasteiger charge is -2.36. The average molecular weight is 399 g/mol. The maximum atomic E-state index is 14.1. The van der Waals surface area contributed by atoms with Gasteiger partial charge in [0.05, 0.1) is 5.69 Å². The van der Waals surface area contributed by atoms with Crippen LogP contribution in [0.5, 0.6) is 0 Å². The predicted octanol–water partition coefficient (Wildman–Crippen LogP) is 4.57. The maximum Gasteiger partial charge on any atom is 0.196 e. The van der Waals surface area contributed by atoms with Gasteiger partial charge in [0.25, 0.3) is 0 Å². The Morgan fingerprint density at radius 3 is 2.36 bits per heavy atom. The smallest absolute Gasteiger partial charge is 0.196 e. The molecule has 1 fully saturated rings. The molecule has 7 heteroatoms. The van der Waals surface area contributed by atoms with Crippen molar-refractivity contribution >= 4 is 46.0 Å². The zero-order valence-electron chi connectivity index (χ0n) is 15.4. The summed E-state index contributed by atoms with van der Waals surface area (Å²) in [4.78, 5) is 13.6. The number of halogens is 2. The molecule has 0 aliphatic carbocycles. The van der Waals surface area contributed by atoms with Gasteiger partial charge in [-0.2, -0.15) is 0 Å². The third kappa shape index (κ3) is 3.03. The van der Waals surface area contributed by atoms with E-state index in [2.05, 4.69) is 19.8 Å². The number of para-hydroxylation sites is 2. The molecule has 5 nitrogen and oxygen atoms in total. The van der Waals surface area contributed by atoms with E-state index in [9.17, 15) is 4.39 Å². The number of aryl methyl sites for hydroxylation is 1. The largest absolute Gasteiger partial charge is 0.450 e. The Morgan fingerprint density at radius 1 is 0.893 bits per heavy atom. The second kappa shape index (κ2) is 7.28. The molecule has 1 saturated heterocycles. The summed E-state index contributed by atoms with van der Waals surface area (Å²) in [5, 5.41) is 1.00. The second-order valence-corrected chi connectivity index (χ2v) is 6.80. The van der Waals surface area contributed by atoms with E-state index in [-0.39, 0.29) is 18.2 Å². The normalized spacial score (nSPS) is 14.5. The van der Waals surface area contributed by atoms with E-state index in [0.29, 0.717) is 5.69 Å². The summed E-state index contributed by atoms with van der Waals surface area (Å²) in [6.45, 7) is 4.85. The molecule has 0 unspecified atom stereocenters. The minimum atomic E-state index is -0.177. The number of aromatic nitrogens is 2. The highest BCUT2D eigenvalue weighted by atomic mass is 35.5. The van der Waals surface area contributed by atoms with Crippen molar-refractivity contribution in [3.63, 3.8) is 0 Å². The van der Waals surface area contributed by atoms with Crippen LogP contribution in [0.25, 0.3) is 22.1 Å². The lowest BCUT2D eigenvalue weighted by Crippen LogP contribution is -2.47. The van der Waals surface area contributed by atoms with Crippen LogP contribution < -0.4 is 9.80 Å². The van der Waals surface area contributed by atoms with Gasteiger partial charge in [-0.25, -0.2) is 14.4 Å². The minimum absolute atomic E-state index is 0. The molecule has 0 radical (unpaired) electrons. The average Bonchev–Trinajstić information content (AvgIpc) is 3.07. The predicted molar refractivity (Wildman–Crippen MR) is 112 cm³/mol. The minimum Gasteiger partial charge on any atom is -0.450 e. The zero-order valence-corrected chi connectivity index (χ0v) is 16.2. The van der Waals surface area contributed by atoms with E-state index in [0.717, 1.165) is 59.9 Å². The van der Waals surface area contributed by atoms with E-state index in [4.69, 9.17) is 4.42 Å². The van der Waals surface area contributed by atoms with Gasteiger partial charge in [-0.3, -0.25) is 0 Å². The maximum absolute atomic E-state index is 14.1. The van der Waals surface area contributed by atoms with E-state index in [1.807, 2.05) is 43.3 Å². The number of hydrogen-bond donors (Lipinski definition) is 0. The molecule has 1 aliphatic heterocycles. The van der Waals surface area contributed by atoms with E-state index in [1.165, 1.54) is 6.07 Å². The number of nitrogens with zero attached hydrogens (tertiary/aromatic N) is 4. The third-order valence-electron chi connectivity index (χ3n) is 5.09. The number of hydrogen-bond acceptors (Lipinski definition) is 5. The molecule has 144 valence electrons. The van der Waals surface area contributed by atoms with Gasteiger partial charge in [0.15, 0.2) is 11.4 Å². The van der Waals surface area contributed by atoms with E-state index in [1.54, 1.807) is 6.07 Å². The molecule has 0 saturated carbocycles. The summed E-state index contributed by atoms with van der Waals surface area (Å²) in [6.07, 6.45) is 0. The Labute approximate surface area is 168 Å². The number of fused-ring (bicyclic) bond motifs is 3. The lowest BCUT2D eigenvalue weighted by atomic mass is 10.2. The summed E-state index contributed by atoms with van der Waals surface area (Å²) >= 11 is 0. The molecular weight excluding hydrogens is 379 g/mol. The van der Waals surface area contributed by atoms with E-state index >= 15 is 0 Å². The molecule has 0 N–H and O–H groups in total. The van der Waals surface area contributed by atoms with Crippen LogP contribution in [0, 0.1) is 12.7 Å². The summed E-state index contributed by atoms with van der Waals surface area (Å²) in [5.41, 5.74) is 3.05. The molecule has 4 aromatic rings. The Bertz CT molecular complexity index is 1140. The summed E-state index contributed by atoms with van der Waals surface area (Å²) in [7, 11) is 0. The van der Waals surface area contributed by atoms with Crippen molar-refractivity contribution in [1.82, 2.24) is 9.97 Å². The fourth-order valence-corrected chi connectivity index (χ4v) is 3.77. The van der Waals surface area contributed by atoms with Crippen LogP contribution in [0.4, 0.5) is 15.9 Å². The van der Waals surface area contributed by atoms with Gasteiger partial charge in [-0.15, -0.1) is 12.4 Å². The first-order valence-corrected chi connectivity index (χ1v) is 9.11. The molecule has 2 aromatic heterocycles. The molecule has 28 heavy (non-hydrogen) atoms. The van der Waals surface area contributed by atoms with Gasteiger partial charge >= 0.3 is 0 Å². The van der Waals surface area contributed by atoms with Gasteiger partial charge in [0, 0.05) is 31.6 Å². The van der Waals surface area contributed by atoms with Crippen LogP contribution in [0.3, 0.4) is 0 Å². The van der Waals surface area contributed by atoms with Crippen LogP contribution >= 0.6 is 12.4 Å². The van der Waals surface area contributed by atoms with Gasteiger partial charge in [-0.1, -0.05) is 24.3 Å². The Kier molecular flexibility index (Phi) is 4.81. The fraction of sp³-hybridized carbons (Fsp3) is 0.238. The number of piperazine rings is 1. The molecule has 2 aromatic carbocycles. The van der Waals surface area contributed by atoms with Crippen molar-refractivity contribution < 1.29 is 8.81 Å². The Balaban J connectivity index is 0.00000192. The molecule has 5 rings (SSSR count). The first-order valence-electron chi connectivity index (χ1n) is 9.11. The summed E-state index contributed by atoms with van der Waals surface area (Å²) in [5.74, 6) is 1.37. The number of anilines is 2. The van der Waals surface area contributed by atoms with Crippen molar-refractivity contribution in [3.05, 3.63) is 60.2 Å². The molecule has 0 amide bonds. The van der Waals surface area contributed by atoms with Crippen LogP contribution in [-0.2, 0) is 0 Å². The highest BCUT2D eigenvalue weighted by molar-refractivity contribution is 6.05. The first kappa shape index (κ1) is 18.5. The van der Waals surface area contributed by atoms with Crippen molar-refractivity contribution in [1.29, 1.82) is 0 Å². The zero-order chi connectivity index (χ0) is 18.4. The summed E-state index contributed by atoms with van der Waals surface area (Å²) < 4.78 is 20.2. The van der Waals surface area contributed by atoms with Crippen LogP contribution in [-0.4, -0.2) is 36.1 Å². The molecule has 0 spiro atoms. The van der Waals surface area contributed by atoms with Crippen molar-refractivity contribution in [2.75, 3.05) is 36.0 Å². The quantitative estimate of drug-likeness (QED) is 0.495. The molecule has 1 aliphatic rings. The van der Waals surface area contributed by atoms with Crippen LogP contribution in [0.1, 0.15) is 5.82 Å². The number of rotatable bonds is 2. The third-order valence-corrected chi connectivity index (χ3v) is 5.09. The molecule has 0 bridgehead atoms. The standard InChI is InChI=1S/C21H19FN4O.ClH/c1-14-23-19-15-6-2-5-9-18(15)27-20(19)21(24-14)26-12-10-25(11-13-26)17-8-4-3-7-16(17)22;/h2-9H,10-13H2,1H3;1H. The van der Waals surface area contributed by atoms with Crippen molar-refractivity contribution in [3.8, 4) is 0 Å². The SMILES string of the molecule is Cc1nc(N2CCN(c3ccccc3F)CC2)c2oc3ccccc3c2n1.Cl. The van der Waals surface area contributed by atoms with Gasteiger partial charge in [0.2, 0.25) is 0 Å². The van der Waals surface area contributed by atoms with Crippen LogP contribution in [0.15, 0.2) is 52.9 Å². The number of benzene rings is 2. The second-order valence-electron chi connectivity index (χ2n) is 6.80. The van der Waals surface area contributed by atoms with Gasteiger partial charge in [0.1, 0.15) is 22.7 Å². The van der Waals surface area contributed by atoms with Crippen molar-refractivity contribution in [2.45, 2.75) is 6.92 Å². The number of furan rings is 1. The summed E-state index contributed by atoms with van der Waals surface area (Å²) in [6, 6.07) is 14.8. The Hall–Kier alpha value is -2.86. The highest BCUT2D eigenvalue weighted by Gasteiger charge is 2.24. The molecule has 3 heterocycles. The lowest BCUT2D eigenvalue weighted by molar-refractivity contribution is 0.593. The highest BCUT2D eigenvalue weighted by Crippen LogP contribution is 2.33. The molecular formula is C21H20ClFN4O. The van der Waals surface area contributed by atoms with Gasteiger partial charge < -0.3 is 14.2 Å². The van der Waals surface area contributed by atoms with Gasteiger partial charge in [-0.05, 0) is 31.2 Å². The first-order chi connectivity index (χ1) is 13.2. The molecule has 0 atom stereocenters. The van der Waals surface area contributed by atoms with E-state index < -0.39 is 0 Å². The topological polar surface area (TPSA) is 45.4 Å². The van der Waals surface area contributed by atoms with Crippen molar-refractivity contribution in [2.24, 2.45) is 0 Å².